The Balaban J connectivity index is 4.24. The maximum atomic E-state index is 11.4. The lowest BCUT2D eigenvalue weighted by Gasteiger charge is -2.26. The highest BCUT2D eigenvalue weighted by Gasteiger charge is 2.14. The number of amides is 8. The molecule has 138 valence electrons. The lowest BCUT2D eigenvalue weighted by atomic mass is 10.3. The minimum Gasteiger partial charge on any atom is -0.352 e. The number of primary amides is 4. The molecule has 0 heterocycles. The van der Waals surface area contributed by atoms with Gasteiger partial charge in [0.25, 0.3) is 0 Å². The summed E-state index contributed by atoms with van der Waals surface area (Å²) in [5, 5.41) is 4.79. The minimum absolute atomic E-state index is 0.193. The van der Waals surface area contributed by atoms with Crippen molar-refractivity contribution in [2.24, 2.45) is 22.9 Å². The summed E-state index contributed by atoms with van der Waals surface area (Å²) in [5.41, 5.74) is 20.4. The van der Waals surface area contributed by atoms with E-state index in [1.807, 2.05) is 0 Å². The highest BCUT2D eigenvalue weighted by molar-refractivity contribution is 5.73. The lowest BCUT2D eigenvalue weighted by molar-refractivity contribution is 0.183. The molecule has 0 fully saturated rings. The van der Waals surface area contributed by atoms with Crippen LogP contribution in [0.3, 0.4) is 0 Å². The fourth-order valence-corrected chi connectivity index (χ4v) is 1.87. The van der Waals surface area contributed by atoms with Crippen LogP contribution in [0.25, 0.3) is 0 Å². The van der Waals surface area contributed by atoms with Crippen LogP contribution in [0.5, 0.6) is 0 Å². The van der Waals surface area contributed by atoms with Gasteiger partial charge in [0.1, 0.15) is 0 Å². The first-order valence-electron chi connectivity index (χ1n) is 7.39. The zero-order valence-electron chi connectivity index (χ0n) is 13.5. The summed E-state index contributed by atoms with van der Waals surface area (Å²) < 4.78 is 0. The number of nitrogens with one attached hydrogen (secondary N) is 2. The Morgan fingerprint density at radius 3 is 1.21 bits per heavy atom. The summed E-state index contributed by atoms with van der Waals surface area (Å²) in [6.07, 6.45) is 0.927. The number of rotatable bonds is 11. The third-order valence-corrected chi connectivity index (χ3v) is 3.07. The minimum atomic E-state index is -0.648. The van der Waals surface area contributed by atoms with Crippen LogP contribution >= 0.6 is 0 Å². The number of carbonyl (C=O) groups excluding carboxylic acids is 4. The normalized spacial score (nSPS) is 9.83. The first kappa shape index (κ1) is 21.1. The van der Waals surface area contributed by atoms with E-state index < -0.39 is 24.1 Å². The zero-order valence-corrected chi connectivity index (χ0v) is 13.5. The van der Waals surface area contributed by atoms with Gasteiger partial charge in [-0.05, 0) is 12.8 Å². The molecule has 0 saturated heterocycles. The van der Waals surface area contributed by atoms with E-state index in [-0.39, 0.29) is 13.1 Å². The molecule has 0 saturated carbocycles. The summed E-state index contributed by atoms with van der Waals surface area (Å²) in [6.45, 7) is 1.59. The fraction of sp³-hybridized carbons (Fsp3) is 0.667. The van der Waals surface area contributed by atoms with Crippen molar-refractivity contribution in [1.82, 2.24) is 20.4 Å². The molecule has 8 amide bonds. The van der Waals surface area contributed by atoms with Crippen molar-refractivity contribution in [3.63, 3.8) is 0 Å². The van der Waals surface area contributed by atoms with Gasteiger partial charge in [0.05, 0.1) is 0 Å². The van der Waals surface area contributed by atoms with E-state index in [0.717, 1.165) is 0 Å². The van der Waals surface area contributed by atoms with Crippen LogP contribution in [0.15, 0.2) is 0 Å². The van der Waals surface area contributed by atoms with E-state index in [4.69, 9.17) is 22.9 Å². The smallest absolute Gasteiger partial charge is 0.314 e. The third kappa shape index (κ3) is 10.8. The molecule has 0 atom stereocenters. The second-order valence-electron chi connectivity index (χ2n) is 4.94. The molecule has 0 radical (unpaired) electrons. The zero-order chi connectivity index (χ0) is 18.5. The maximum absolute atomic E-state index is 11.4. The Labute approximate surface area is 139 Å². The van der Waals surface area contributed by atoms with Crippen LogP contribution in [-0.4, -0.2) is 73.2 Å². The van der Waals surface area contributed by atoms with Crippen LogP contribution in [-0.2, 0) is 0 Å². The summed E-state index contributed by atoms with van der Waals surface area (Å²) in [7, 11) is 0. The van der Waals surface area contributed by atoms with Crippen molar-refractivity contribution in [3.8, 4) is 0 Å². The SMILES string of the molecule is NC(=O)NCCCN(CCN(CCCNC(N)=O)C(N)=O)C(N)=O. The van der Waals surface area contributed by atoms with Crippen molar-refractivity contribution in [3.05, 3.63) is 0 Å². The number of nitrogens with two attached hydrogens (primary N) is 4. The Morgan fingerprint density at radius 1 is 0.625 bits per heavy atom. The van der Waals surface area contributed by atoms with Crippen LogP contribution in [0.2, 0.25) is 0 Å². The van der Waals surface area contributed by atoms with E-state index >= 15 is 0 Å². The summed E-state index contributed by atoms with van der Waals surface area (Å²) in [5.74, 6) is 0. The molecule has 10 N–H and O–H groups in total. The highest BCUT2D eigenvalue weighted by atomic mass is 16.2. The highest BCUT2D eigenvalue weighted by Crippen LogP contribution is 1.96. The predicted molar refractivity (Wildman–Crippen MR) is 86.7 cm³/mol. The first-order chi connectivity index (χ1) is 11.2. The van der Waals surface area contributed by atoms with Crippen molar-refractivity contribution >= 4 is 24.1 Å². The maximum Gasteiger partial charge on any atom is 0.314 e. The average Bonchev–Trinajstić information content (AvgIpc) is 2.46. The van der Waals surface area contributed by atoms with Gasteiger partial charge < -0.3 is 43.4 Å². The molecule has 0 aliphatic heterocycles. The molecule has 0 aromatic carbocycles. The van der Waals surface area contributed by atoms with Gasteiger partial charge in [-0.15, -0.1) is 0 Å². The number of urea groups is 4. The van der Waals surface area contributed by atoms with Crippen LogP contribution in [0.1, 0.15) is 12.8 Å². The molecule has 0 rings (SSSR count). The summed E-state index contributed by atoms with van der Waals surface area (Å²) >= 11 is 0. The molecule has 0 aliphatic rings. The third-order valence-electron chi connectivity index (χ3n) is 3.07. The summed E-state index contributed by atoms with van der Waals surface area (Å²) in [6, 6.07) is -2.59. The monoisotopic (exact) mass is 346 g/mol. The van der Waals surface area contributed by atoms with Gasteiger partial charge in [-0.2, -0.15) is 0 Å². The van der Waals surface area contributed by atoms with Crippen molar-refractivity contribution in [2.75, 3.05) is 39.3 Å². The molecular weight excluding hydrogens is 320 g/mol. The molecule has 0 bridgehead atoms. The van der Waals surface area contributed by atoms with Crippen LogP contribution in [0, 0.1) is 0 Å². The van der Waals surface area contributed by atoms with Gasteiger partial charge in [-0.3, -0.25) is 0 Å². The van der Waals surface area contributed by atoms with Crippen molar-refractivity contribution in [2.45, 2.75) is 12.8 Å². The Bertz CT molecular complexity index is 405. The number of carbonyl (C=O) groups is 4. The number of nitrogens with zero attached hydrogens (tertiary/aromatic N) is 2. The van der Waals surface area contributed by atoms with E-state index in [2.05, 4.69) is 10.6 Å². The van der Waals surface area contributed by atoms with E-state index in [9.17, 15) is 19.2 Å². The standard InChI is InChI=1S/C12H26N8O4/c13-9(21)17-3-1-5-19(11(15)23)7-8-20(12(16)24)6-2-4-18-10(14)22/h1-8H2,(H2,15,23)(H2,16,24)(H3,13,17,21)(H3,14,18,22). The van der Waals surface area contributed by atoms with Gasteiger partial charge in [0.15, 0.2) is 0 Å². The van der Waals surface area contributed by atoms with E-state index in [1.165, 1.54) is 9.80 Å². The number of hydrogen-bond acceptors (Lipinski definition) is 4. The van der Waals surface area contributed by atoms with E-state index in [1.54, 1.807) is 0 Å². The fourth-order valence-electron chi connectivity index (χ4n) is 1.87. The lowest BCUT2D eigenvalue weighted by Crippen LogP contribution is -2.46. The van der Waals surface area contributed by atoms with Gasteiger partial charge in [-0.25, -0.2) is 19.2 Å². The van der Waals surface area contributed by atoms with Gasteiger partial charge >= 0.3 is 24.1 Å². The van der Waals surface area contributed by atoms with E-state index in [0.29, 0.717) is 39.0 Å². The second-order valence-corrected chi connectivity index (χ2v) is 4.94. The molecule has 12 heteroatoms. The summed E-state index contributed by atoms with van der Waals surface area (Å²) in [4.78, 5) is 46.5. The molecule has 24 heavy (non-hydrogen) atoms. The van der Waals surface area contributed by atoms with Crippen LogP contribution < -0.4 is 33.6 Å². The van der Waals surface area contributed by atoms with Crippen molar-refractivity contribution < 1.29 is 19.2 Å². The van der Waals surface area contributed by atoms with Crippen LogP contribution in [0.4, 0.5) is 19.2 Å². The number of hydrogen-bond donors (Lipinski definition) is 6. The average molecular weight is 346 g/mol. The second kappa shape index (κ2) is 11.6. The first-order valence-corrected chi connectivity index (χ1v) is 7.39. The molecule has 0 spiro atoms. The molecule has 0 aliphatic carbocycles. The molecule has 0 aromatic heterocycles. The molecular formula is C12H26N8O4. The Morgan fingerprint density at radius 2 is 0.958 bits per heavy atom. The molecule has 0 unspecified atom stereocenters. The Kier molecular flexibility index (Phi) is 10.2. The van der Waals surface area contributed by atoms with Gasteiger partial charge in [-0.1, -0.05) is 0 Å². The Hall–Kier alpha value is -2.92. The van der Waals surface area contributed by atoms with Crippen molar-refractivity contribution in [1.29, 1.82) is 0 Å². The topological polar surface area (TPSA) is 203 Å². The quantitative estimate of drug-likeness (QED) is 0.232. The molecule has 0 aromatic rings. The largest absolute Gasteiger partial charge is 0.352 e. The van der Waals surface area contributed by atoms with Gasteiger partial charge in [0.2, 0.25) is 0 Å². The molecule has 12 nitrogen and oxygen atoms in total. The predicted octanol–water partition coefficient (Wildman–Crippen LogP) is -2.14. The van der Waals surface area contributed by atoms with Gasteiger partial charge in [0, 0.05) is 39.3 Å².